The topological polar surface area (TPSA) is 45.5 Å². The molecular weight excluding hydrogens is 379 g/mol. The Balaban J connectivity index is 1.55. The number of likely N-dealkylation sites (tertiary alicyclic amines) is 1. The van der Waals surface area contributed by atoms with Crippen LogP contribution in [0.5, 0.6) is 0 Å². The second-order valence-corrected chi connectivity index (χ2v) is 7.52. The summed E-state index contributed by atoms with van der Waals surface area (Å²) in [7, 11) is 0. The number of nitrogens with zero attached hydrogens (tertiary/aromatic N) is 2. The van der Waals surface area contributed by atoms with Gasteiger partial charge in [-0.3, -0.25) is 4.79 Å². The van der Waals surface area contributed by atoms with Crippen LogP contribution in [0.15, 0.2) is 67.0 Å². The van der Waals surface area contributed by atoms with Crippen molar-refractivity contribution in [2.75, 3.05) is 13.1 Å². The van der Waals surface area contributed by atoms with Gasteiger partial charge in [-0.05, 0) is 60.9 Å². The highest BCUT2D eigenvalue weighted by molar-refractivity contribution is 6.30. The summed E-state index contributed by atoms with van der Waals surface area (Å²) in [6.45, 7) is 0.777. The Kier molecular flexibility index (Phi) is 4.96. The first-order valence-corrected chi connectivity index (χ1v) is 9.55. The van der Waals surface area contributed by atoms with E-state index in [0.29, 0.717) is 42.2 Å². The molecule has 1 aliphatic heterocycles. The van der Waals surface area contributed by atoms with Crippen molar-refractivity contribution in [1.82, 2.24) is 9.47 Å². The summed E-state index contributed by atoms with van der Waals surface area (Å²) < 4.78 is 15.7. The van der Waals surface area contributed by atoms with Gasteiger partial charge in [-0.15, -0.1) is 0 Å². The first-order chi connectivity index (χ1) is 13.5. The summed E-state index contributed by atoms with van der Waals surface area (Å²) in [5, 5.41) is 11.6. The quantitative estimate of drug-likeness (QED) is 0.711. The van der Waals surface area contributed by atoms with Crippen molar-refractivity contribution in [3.63, 3.8) is 0 Å². The average molecular weight is 399 g/mol. The van der Waals surface area contributed by atoms with Crippen LogP contribution < -0.4 is 0 Å². The predicted octanol–water partition coefficient (Wildman–Crippen LogP) is 4.39. The lowest BCUT2D eigenvalue weighted by atomic mass is 9.84. The first-order valence-electron chi connectivity index (χ1n) is 9.17. The third kappa shape index (κ3) is 3.55. The number of rotatable bonds is 3. The van der Waals surface area contributed by atoms with E-state index in [2.05, 4.69) is 0 Å². The fourth-order valence-electron chi connectivity index (χ4n) is 3.70. The van der Waals surface area contributed by atoms with Crippen molar-refractivity contribution < 1.29 is 14.3 Å². The maximum absolute atomic E-state index is 13.9. The van der Waals surface area contributed by atoms with E-state index in [1.807, 2.05) is 36.7 Å². The van der Waals surface area contributed by atoms with Gasteiger partial charge in [-0.2, -0.15) is 0 Å². The highest BCUT2D eigenvalue weighted by Gasteiger charge is 2.36. The van der Waals surface area contributed by atoms with Crippen molar-refractivity contribution in [1.29, 1.82) is 0 Å². The fourth-order valence-corrected chi connectivity index (χ4v) is 3.82. The SMILES string of the molecule is O=C(c1cc(F)ccc1-n1cccc1)N1CCC(O)(c2ccc(Cl)cc2)CC1. The van der Waals surface area contributed by atoms with E-state index in [4.69, 9.17) is 11.6 Å². The van der Waals surface area contributed by atoms with Gasteiger partial charge in [0.05, 0.1) is 16.9 Å². The van der Waals surface area contributed by atoms with Gasteiger partial charge in [0, 0.05) is 30.5 Å². The number of amides is 1. The Morgan fingerprint density at radius 1 is 1.04 bits per heavy atom. The standard InChI is InChI=1S/C22H20ClFN2O2/c23-17-5-3-16(4-6-17)22(28)9-13-26(14-10-22)21(27)19-15-18(24)7-8-20(19)25-11-1-2-12-25/h1-8,11-12,15,28H,9-10,13-14H2. The molecule has 1 saturated heterocycles. The van der Waals surface area contributed by atoms with Crippen LogP contribution in [-0.2, 0) is 5.60 Å². The summed E-state index contributed by atoms with van der Waals surface area (Å²) in [5.74, 6) is -0.685. The Hall–Kier alpha value is -2.63. The van der Waals surface area contributed by atoms with E-state index in [0.717, 1.165) is 5.56 Å². The van der Waals surface area contributed by atoms with Crippen LogP contribution in [0.25, 0.3) is 5.69 Å². The number of piperidine rings is 1. The molecule has 0 spiro atoms. The average Bonchev–Trinajstić information content (AvgIpc) is 3.23. The molecule has 6 heteroatoms. The molecule has 4 nitrogen and oxygen atoms in total. The van der Waals surface area contributed by atoms with Crippen LogP contribution in [-0.4, -0.2) is 33.6 Å². The Morgan fingerprint density at radius 3 is 2.32 bits per heavy atom. The molecule has 0 radical (unpaired) electrons. The number of carbonyl (C=O) groups excluding carboxylic acids is 1. The first kappa shape index (κ1) is 18.7. The van der Waals surface area contributed by atoms with Crippen LogP contribution in [0.4, 0.5) is 4.39 Å². The molecule has 3 aromatic rings. The third-order valence-corrected chi connectivity index (χ3v) is 5.58. The van der Waals surface area contributed by atoms with Crippen molar-refractivity contribution in [3.8, 4) is 5.69 Å². The van der Waals surface area contributed by atoms with Crippen LogP contribution in [0, 0.1) is 5.82 Å². The molecule has 28 heavy (non-hydrogen) atoms. The number of aromatic nitrogens is 1. The summed E-state index contributed by atoms with van der Waals surface area (Å²) in [5.41, 5.74) is 0.748. The number of carbonyl (C=O) groups is 1. The monoisotopic (exact) mass is 398 g/mol. The molecule has 0 saturated carbocycles. The molecule has 1 amide bonds. The molecule has 0 bridgehead atoms. The molecule has 1 aromatic heterocycles. The maximum atomic E-state index is 13.9. The predicted molar refractivity (Wildman–Crippen MR) is 106 cm³/mol. The van der Waals surface area contributed by atoms with Gasteiger partial charge in [0.15, 0.2) is 0 Å². The minimum atomic E-state index is -0.993. The zero-order valence-electron chi connectivity index (χ0n) is 15.2. The molecule has 1 aliphatic rings. The highest BCUT2D eigenvalue weighted by Crippen LogP contribution is 2.34. The molecule has 2 heterocycles. The van der Waals surface area contributed by atoms with E-state index < -0.39 is 11.4 Å². The summed E-state index contributed by atoms with van der Waals surface area (Å²) >= 11 is 5.93. The molecular formula is C22H20ClFN2O2. The molecule has 1 fully saturated rings. The second kappa shape index (κ2) is 7.41. The Bertz CT molecular complexity index is 978. The zero-order chi connectivity index (χ0) is 19.7. The third-order valence-electron chi connectivity index (χ3n) is 5.33. The number of benzene rings is 2. The van der Waals surface area contributed by atoms with Crippen LogP contribution >= 0.6 is 11.6 Å². The zero-order valence-corrected chi connectivity index (χ0v) is 15.9. The normalized spacial score (nSPS) is 16.2. The summed E-state index contributed by atoms with van der Waals surface area (Å²) in [6, 6.07) is 15.1. The Labute approximate surface area is 167 Å². The highest BCUT2D eigenvalue weighted by atomic mass is 35.5. The number of aliphatic hydroxyl groups is 1. The van der Waals surface area contributed by atoms with Gasteiger partial charge in [0.1, 0.15) is 5.82 Å². The second-order valence-electron chi connectivity index (χ2n) is 7.08. The van der Waals surface area contributed by atoms with E-state index in [9.17, 15) is 14.3 Å². The summed E-state index contributed by atoms with van der Waals surface area (Å²) in [4.78, 5) is 14.8. The molecule has 0 aliphatic carbocycles. The lowest BCUT2D eigenvalue weighted by Gasteiger charge is -2.38. The molecule has 0 unspecified atom stereocenters. The van der Waals surface area contributed by atoms with Gasteiger partial charge in [-0.25, -0.2) is 4.39 Å². The van der Waals surface area contributed by atoms with Gasteiger partial charge in [0.2, 0.25) is 0 Å². The van der Waals surface area contributed by atoms with E-state index >= 15 is 0 Å². The smallest absolute Gasteiger partial charge is 0.256 e. The van der Waals surface area contributed by atoms with E-state index in [1.165, 1.54) is 12.1 Å². The molecule has 0 atom stereocenters. The largest absolute Gasteiger partial charge is 0.385 e. The van der Waals surface area contributed by atoms with Crippen LogP contribution in [0.1, 0.15) is 28.8 Å². The number of halogens is 2. The number of hydrogen-bond acceptors (Lipinski definition) is 2. The van der Waals surface area contributed by atoms with Gasteiger partial charge >= 0.3 is 0 Å². The minimum Gasteiger partial charge on any atom is -0.385 e. The lowest BCUT2D eigenvalue weighted by Crippen LogP contribution is -2.45. The molecule has 1 N–H and O–H groups in total. The Morgan fingerprint density at radius 2 is 1.68 bits per heavy atom. The number of hydrogen-bond donors (Lipinski definition) is 1. The molecule has 144 valence electrons. The van der Waals surface area contributed by atoms with Crippen LogP contribution in [0.3, 0.4) is 0 Å². The fraction of sp³-hybridized carbons (Fsp3) is 0.227. The summed E-state index contributed by atoms with van der Waals surface area (Å²) in [6.07, 6.45) is 4.46. The van der Waals surface area contributed by atoms with Crippen molar-refractivity contribution in [2.45, 2.75) is 18.4 Å². The maximum Gasteiger partial charge on any atom is 0.256 e. The van der Waals surface area contributed by atoms with E-state index in [-0.39, 0.29) is 5.91 Å². The lowest BCUT2D eigenvalue weighted by molar-refractivity contribution is -0.0211. The van der Waals surface area contributed by atoms with Gasteiger partial charge in [0.25, 0.3) is 5.91 Å². The molecule has 2 aromatic carbocycles. The van der Waals surface area contributed by atoms with Crippen molar-refractivity contribution in [3.05, 3.63) is 89.0 Å². The van der Waals surface area contributed by atoms with E-state index in [1.54, 1.807) is 27.7 Å². The molecule has 4 rings (SSSR count). The van der Waals surface area contributed by atoms with Gasteiger partial charge in [-0.1, -0.05) is 23.7 Å². The van der Waals surface area contributed by atoms with Gasteiger partial charge < -0.3 is 14.6 Å². The minimum absolute atomic E-state index is 0.235. The van der Waals surface area contributed by atoms with Crippen molar-refractivity contribution in [2.24, 2.45) is 0 Å². The van der Waals surface area contributed by atoms with Crippen LogP contribution in [0.2, 0.25) is 5.02 Å². The van der Waals surface area contributed by atoms with Crippen molar-refractivity contribution >= 4 is 17.5 Å².